The summed E-state index contributed by atoms with van der Waals surface area (Å²) in [5, 5.41) is 4.45. The lowest BCUT2D eigenvalue weighted by atomic mass is 10.2. The molecule has 92 valence electrons. The molecule has 2 rings (SSSR count). The van der Waals surface area contributed by atoms with Gasteiger partial charge in [-0.3, -0.25) is 4.68 Å². The molecule has 0 saturated heterocycles. The van der Waals surface area contributed by atoms with Gasteiger partial charge >= 0.3 is 0 Å². The van der Waals surface area contributed by atoms with Crippen LogP contribution >= 0.6 is 15.9 Å². The van der Waals surface area contributed by atoms with E-state index in [0.717, 1.165) is 32.9 Å². The van der Waals surface area contributed by atoms with Crippen molar-refractivity contribution in [1.82, 2.24) is 9.78 Å². The highest BCUT2D eigenvalue weighted by Gasteiger charge is 2.12. The summed E-state index contributed by atoms with van der Waals surface area (Å²) in [5.41, 5.74) is 8.79. The number of nitrogens with two attached hydrogens (primary N) is 1. The van der Waals surface area contributed by atoms with Crippen LogP contribution in [-0.2, 0) is 13.1 Å². The molecule has 5 heteroatoms. The van der Waals surface area contributed by atoms with Gasteiger partial charge in [-0.15, -0.1) is 0 Å². The van der Waals surface area contributed by atoms with Crippen LogP contribution in [0.25, 0.3) is 0 Å². The molecule has 0 spiro atoms. The quantitative estimate of drug-likeness (QED) is 0.947. The van der Waals surface area contributed by atoms with Crippen molar-refractivity contribution in [3.8, 4) is 0 Å². The molecule has 4 nitrogen and oxygen atoms in total. The van der Waals surface area contributed by atoms with Crippen LogP contribution in [0.4, 0.5) is 0 Å². The van der Waals surface area contributed by atoms with Gasteiger partial charge in [0.05, 0.1) is 29.0 Å². The molecule has 0 fully saturated rings. The summed E-state index contributed by atoms with van der Waals surface area (Å²) in [6, 6.07) is 2.02. The number of rotatable bonds is 3. The third kappa shape index (κ3) is 2.30. The Bertz CT molecular complexity index is 542. The zero-order valence-corrected chi connectivity index (χ0v) is 11.8. The van der Waals surface area contributed by atoms with E-state index in [2.05, 4.69) is 21.0 Å². The molecular formula is C12H16BrN3O. The summed E-state index contributed by atoms with van der Waals surface area (Å²) in [5.74, 6) is 1.74. The van der Waals surface area contributed by atoms with E-state index in [1.165, 1.54) is 0 Å². The maximum atomic E-state index is 5.67. The van der Waals surface area contributed by atoms with E-state index in [9.17, 15) is 0 Å². The van der Waals surface area contributed by atoms with Gasteiger partial charge in [0.2, 0.25) is 0 Å². The highest BCUT2D eigenvalue weighted by molar-refractivity contribution is 9.10. The molecule has 0 aliphatic heterocycles. The van der Waals surface area contributed by atoms with Gasteiger partial charge in [-0.1, -0.05) is 0 Å². The standard InChI is InChI=1S/C12H16BrN3O/c1-7-4-10(17-11(7)5-14)6-16-9(3)12(13)8(2)15-16/h4H,5-6,14H2,1-3H3. The number of hydrogen-bond acceptors (Lipinski definition) is 3. The normalized spacial score (nSPS) is 11.1. The van der Waals surface area contributed by atoms with E-state index in [1.807, 2.05) is 31.5 Å². The van der Waals surface area contributed by atoms with Gasteiger partial charge in [0.1, 0.15) is 11.5 Å². The van der Waals surface area contributed by atoms with Gasteiger partial charge in [0, 0.05) is 0 Å². The van der Waals surface area contributed by atoms with E-state index < -0.39 is 0 Å². The minimum atomic E-state index is 0.437. The molecule has 0 unspecified atom stereocenters. The molecule has 2 aromatic heterocycles. The maximum absolute atomic E-state index is 5.67. The molecule has 0 amide bonds. The first kappa shape index (κ1) is 12.4. The topological polar surface area (TPSA) is 57.0 Å². The smallest absolute Gasteiger partial charge is 0.126 e. The number of aryl methyl sites for hydroxylation is 2. The minimum Gasteiger partial charge on any atom is -0.462 e. The van der Waals surface area contributed by atoms with Crippen LogP contribution in [0.15, 0.2) is 15.0 Å². The zero-order valence-electron chi connectivity index (χ0n) is 10.2. The number of halogens is 1. The number of aromatic nitrogens is 2. The molecule has 2 heterocycles. The van der Waals surface area contributed by atoms with E-state index in [-0.39, 0.29) is 0 Å². The van der Waals surface area contributed by atoms with Crippen LogP contribution in [-0.4, -0.2) is 9.78 Å². The lowest BCUT2D eigenvalue weighted by Gasteiger charge is -2.01. The first-order chi connectivity index (χ1) is 8.02. The van der Waals surface area contributed by atoms with Gasteiger partial charge in [-0.05, 0) is 48.3 Å². The Labute approximate surface area is 109 Å². The van der Waals surface area contributed by atoms with Crippen LogP contribution < -0.4 is 5.73 Å². The Balaban J connectivity index is 2.28. The first-order valence-electron chi connectivity index (χ1n) is 5.50. The third-order valence-corrected chi connectivity index (χ3v) is 4.00. The number of nitrogens with zero attached hydrogens (tertiary/aromatic N) is 2. The van der Waals surface area contributed by atoms with E-state index in [1.54, 1.807) is 0 Å². The fourth-order valence-electron chi connectivity index (χ4n) is 1.85. The Morgan fingerprint density at radius 2 is 2.12 bits per heavy atom. The summed E-state index contributed by atoms with van der Waals surface area (Å²) in [6.07, 6.45) is 0. The molecule has 0 saturated carbocycles. The molecule has 0 aromatic carbocycles. The van der Waals surface area contributed by atoms with E-state index in [4.69, 9.17) is 10.2 Å². The number of hydrogen-bond donors (Lipinski definition) is 1. The minimum absolute atomic E-state index is 0.437. The van der Waals surface area contributed by atoms with Crippen LogP contribution in [0.5, 0.6) is 0 Å². The molecular weight excluding hydrogens is 282 g/mol. The molecule has 0 bridgehead atoms. The summed E-state index contributed by atoms with van der Waals surface area (Å²) in [6.45, 7) is 7.09. The van der Waals surface area contributed by atoms with Gasteiger partial charge in [0.15, 0.2) is 0 Å². The Morgan fingerprint density at radius 3 is 2.59 bits per heavy atom. The summed E-state index contributed by atoms with van der Waals surface area (Å²) >= 11 is 3.51. The SMILES string of the molecule is Cc1cc(Cn2nc(C)c(Br)c2C)oc1CN. The summed E-state index contributed by atoms with van der Waals surface area (Å²) in [7, 11) is 0. The second-order valence-electron chi connectivity index (χ2n) is 4.17. The van der Waals surface area contributed by atoms with Crippen molar-refractivity contribution in [1.29, 1.82) is 0 Å². The van der Waals surface area contributed by atoms with Gasteiger partial charge < -0.3 is 10.2 Å². The fourth-order valence-corrected chi connectivity index (χ4v) is 2.13. The number of furan rings is 1. The van der Waals surface area contributed by atoms with E-state index >= 15 is 0 Å². The average molecular weight is 298 g/mol. The van der Waals surface area contributed by atoms with E-state index in [0.29, 0.717) is 13.1 Å². The maximum Gasteiger partial charge on any atom is 0.126 e. The van der Waals surface area contributed by atoms with Gasteiger partial charge in [0.25, 0.3) is 0 Å². The molecule has 17 heavy (non-hydrogen) atoms. The Kier molecular flexibility index (Phi) is 3.40. The lowest BCUT2D eigenvalue weighted by Crippen LogP contribution is -2.03. The van der Waals surface area contributed by atoms with Crippen molar-refractivity contribution >= 4 is 15.9 Å². The second kappa shape index (κ2) is 4.66. The Hall–Kier alpha value is -1.07. The van der Waals surface area contributed by atoms with Crippen LogP contribution in [0.3, 0.4) is 0 Å². The average Bonchev–Trinajstić information content (AvgIpc) is 2.76. The van der Waals surface area contributed by atoms with Crippen LogP contribution in [0.1, 0.15) is 28.5 Å². The highest BCUT2D eigenvalue weighted by Crippen LogP contribution is 2.22. The van der Waals surface area contributed by atoms with Crippen molar-refractivity contribution in [2.24, 2.45) is 5.73 Å². The zero-order chi connectivity index (χ0) is 12.6. The molecule has 2 N–H and O–H groups in total. The predicted octanol–water partition coefficient (Wildman–Crippen LogP) is 2.67. The van der Waals surface area contributed by atoms with Crippen molar-refractivity contribution in [2.45, 2.75) is 33.9 Å². The first-order valence-corrected chi connectivity index (χ1v) is 6.30. The monoisotopic (exact) mass is 297 g/mol. The largest absolute Gasteiger partial charge is 0.462 e. The van der Waals surface area contributed by atoms with Gasteiger partial charge in [-0.25, -0.2) is 0 Å². The van der Waals surface area contributed by atoms with Crippen LogP contribution in [0, 0.1) is 20.8 Å². The highest BCUT2D eigenvalue weighted by atomic mass is 79.9. The predicted molar refractivity (Wildman–Crippen MR) is 69.8 cm³/mol. The van der Waals surface area contributed by atoms with Crippen molar-refractivity contribution in [3.63, 3.8) is 0 Å². The molecule has 0 aliphatic carbocycles. The summed E-state index contributed by atoms with van der Waals surface area (Å²) in [4.78, 5) is 0. The molecule has 0 aliphatic rings. The van der Waals surface area contributed by atoms with Crippen molar-refractivity contribution in [3.05, 3.63) is 39.0 Å². The fraction of sp³-hybridized carbons (Fsp3) is 0.417. The van der Waals surface area contributed by atoms with Crippen molar-refractivity contribution < 1.29 is 4.42 Å². The van der Waals surface area contributed by atoms with Crippen LogP contribution in [0.2, 0.25) is 0 Å². The third-order valence-electron chi connectivity index (χ3n) is 2.86. The summed E-state index contributed by atoms with van der Waals surface area (Å²) < 4.78 is 8.65. The second-order valence-corrected chi connectivity index (χ2v) is 4.96. The molecule has 0 atom stereocenters. The Morgan fingerprint density at radius 1 is 1.41 bits per heavy atom. The van der Waals surface area contributed by atoms with Gasteiger partial charge in [-0.2, -0.15) is 5.10 Å². The lowest BCUT2D eigenvalue weighted by molar-refractivity contribution is 0.441. The van der Waals surface area contributed by atoms with Crippen molar-refractivity contribution in [2.75, 3.05) is 0 Å². The molecule has 2 aromatic rings. The molecule has 0 radical (unpaired) electrons.